The normalized spacial score (nSPS) is 13.3. The van der Waals surface area contributed by atoms with Gasteiger partial charge in [-0.25, -0.2) is 0 Å². The second-order valence-electron chi connectivity index (χ2n) is 6.69. The maximum Gasteiger partial charge on any atom is 0.323 e. The lowest BCUT2D eigenvalue weighted by Gasteiger charge is -2.32. The third-order valence-corrected chi connectivity index (χ3v) is 3.70. The van der Waals surface area contributed by atoms with Gasteiger partial charge < -0.3 is 15.7 Å². The van der Waals surface area contributed by atoms with Gasteiger partial charge >= 0.3 is 5.97 Å². The first-order chi connectivity index (χ1) is 9.09. The Labute approximate surface area is 122 Å². The van der Waals surface area contributed by atoms with E-state index >= 15 is 0 Å². The molecule has 0 fully saturated rings. The minimum absolute atomic E-state index is 0.0892. The van der Waals surface area contributed by atoms with Crippen molar-refractivity contribution in [1.82, 2.24) is 4.90 Å². The van der Waals surface area contributed by atoms with E-state index in [1.807, 2.05) is 13.8 Å². The molecule has 0 spiro atoms. The van der Waals surface area contributed by atoms with Crippen LogP contribution in [0.2, 0.25) is 0 Å². The molecule has 0 aliphatic heterocycles. The van der Waals surface area contributed by atoms with Gasteiger partial charge in [0.05, 0.1) is 0 Å². The fourth-order valence-corrected chi connectivity index (χ4v) is 2.36. The molecule has 20 heavy (non-hydrogen) atoms. The summed E-state index contributed by atoms with van der Waals surface area (Å²) in [5.74, 6) is -0.689. The maximum atomic E-state index is 12.2. The van der Waals surface area contributed by atoms with Crippen LogP contribution in [0.25, 0.3) is 0 Å². The van der Waals surface area contributed by atoms with Gasteiger partial charge in [0.25, 0.3) is 0 Å². The van der Waals surface area contributed by atoms with Gasteiger partial charge in [0.2, 0.25) is 5.91 Å². The Balaban J connectivity index is 4.59. The van der Waals surface area contributed by atoms with Crippen LogP contribution in [0.15, 0.2) is 0 Å². The lowest BCUT2D eigenvalue weighted by atomic mass is 9.76. The van der Waals surface area contributed by atoms with Gasteiger partial charge in [0.1, 0.15) is 6.54 Å². The maximum absolute atomic E-state index is 12.2. The fourth-order valence-electron chi connectivity index (χ4n) is 2.36. The highest BCUT2D eigenvalue weighted by Gasteiger charge is 2.26. The highest BCUT2D eigenvalue weighted by Crippen LogP contribution is 2.32. The van der Waals surface area contributed by atoms with Gasteiger partial charge in [-0.2, -0.15) is 0 Å². The minimum atomic E-state index is -0.971. The molecule has 0 heterocycles. The number of carboxylic acid groups (broad SMARTS) is 1. The summed E-state index contributed by atoms with van der Waals surface area (Å²) in [7, 11) is 0. The van der Waals surface area contributed by atoms with E-state index in [4.69, 9.17) is 10.8 Å². The van der Waals surface area contributed by atoms with Gasteiger partial charge in [-0.05, 0) is 44.6 Å². The van der Waals surface area contributed by atoms with E-state index in [1.165, 1.54) is 4.90 Å². The van der Waals surface area contributed by atoms with Crippen molar-refractivity contribution in [3.8, 4) is 0 Å². The monoisotopic (exact) mass is 286 g/mol. The molecule has 1 unspecified atom stereocenters. The first-order valence-corrected chi connectivity index (χ1v) is 7.31. The van der Waals surface area contributed by atoms with Crippen LogP contribution in [0.3, 0.4) is 0 Å². The predicted octanol–water partition coefficient (Wildman–Crippen LogP) is 2.10. The van der Waals surface area contributed by atoms with Gasteiger partial charge in [-0.1, -0.05) is 20.8 Å². The Morgan fingerprint density at radius 1 is 1.20 bits per heavy atom. The third-order valence-electron chi connectivity index (χ3n) is 3.70. The molecule has 5 heteroatoms. The van der Waals surface area contributed by atoms with Gasteiger partial charge in [0, 0.05) is 12.5 Å². The summed E-state index contributed by atoms with van der Waals surface area (Å²) in [4.78, 5) is 24.4. The molecular weight excluding hydrogens is 256 g/mol. The molecule has 0 aromatic carbocycles. The summed E-state index contributed by atoms with van der Waals surface area (Å²) in [6, 6.07) is -0.0961. The molecule has 3 N–H and O–H groups in total. The lowest BCUT2D eigenvalue weighted by Crippen LogP contribution is -2.41. The molecule has 1 atom stereocenters. The van der Waals surface area contributed by atoms with E-state index in [9.17, 15) is 9.59 Å². The van der Waals surface area contributed by atoms with Gasteiger partial charge in [0.15, 0.2) is 0 Å². The molecule has 0 aliphatic rings. The topological polar surface area (TPSA) is 83.6 Å². The average Bonchev–Trinajstić information content (AvgIpc) is 2.28. The Morgan fingerprint density at radius 2 is 1.75 bits per heavy atom. The van der Waals surface area contributed by atoms with Crippen LogP contribution in [0.1, 0.15) is 53.9 Å². The van der Waals surface area contributed by atoms with Crippen molar-refractivity contribution < 1.29 is 14.7 Å². The zero-order chi connectivity index (χ0) is 15.9. The number of rotatable bonds is 8. The Kier molecular flexibility index (Phi) is 7.79. The van der Waals surface area contributed by atoms with Crippen molar-refractivity contribution in [3.63, 3.8) is 0 Å². The van der Waals surface area contributed by atoms with Crippen molar-refractivity contribution in [3.05, 3.63) is 0 Å². The summed E-state index contributed by atoms with van der Waals surface area (Å²) < 4.78 is 0. The van der Waals surface area contributed by atoms with Crippen LogP contribution in [0.4, 0.5) is 0 Å². The minimum Gasteiger partial charge on any atom is -0.480 e. The number of amides is 1. The molecule has 0 aliphatic carbocycles. The largest absolute Gasteiger partial charge is 0.480 e. The van der Waals surface area contributed by atoms with Crippen molar-refractivity contribution in [2.75, 3.05) is 13.1 Å². The zero-order valence-corrected chi connectivity index (χ0v) is 13.5. The van der Waals surface area contributed by atoms with Crippen molar-refractivity contribution in [2.45, 2.75) is 59.9 Å². The molecule has 5 nitrogen and oxygen atoms in total. The van der Waals surface area contributed by atoms with E-state index in [-0.39, 0.29) is 23.9 Å². The number of carboxylic acids is 1. The van der Waals surface area contributed by atoms with Crippen LogP contribution in [0.5, 0.6) is 0 Å². The smallest absolute Gasteiger partial charge is 0.323 e. The molecule has 1 amide bonds. The van der Waals surface area contributed by atoms with Crippen LogP contribution in [-0.4, -0.2) is 41.0 Å². The lowest BCUT2D eigenvalue weighted by molar-refractivity contribution is -0.146. The SMILES string of the molecule is CC(C)N(CC(=O)O)C(=O)CCC(CCN)C(C)(C)C. The second kappa shape index (κ2) is 8.25. The highest BCUT2D eigenvalue weighted by atomic mass is 16.4. The van der Waals surface area contributed by atoms with Gasteiger partial charge in [-0.15, -0.1) is 0 Å². The Hall–Kier alpha value is -1.10. The first-order valence-electron chi connectivity index (χ1n) is 7.31. The number of carbonyl (C=O) groups excluding carboxylic acids is 1. The number of carbonyl (C=O) groups is 2. The molecule has 0 saturated carbocycles. The Morgan fingerprint density at radius 3 is 2.10 bits per heavy atom. The van der Waals surface area contributed by atoms with Crippen molar-refractivity contribution >= 4 is 11.9 Å². The number of nitrogens with two attached hydrogens (primary N) is 1. The highest BCUT2D eigenvalue weighted by molar-refractivity contribution is 5.81. The van der Waals surface area contributed by atoms with E-state index in [0.29, 0.717) is 18.9 Å². The fraction of sp³-hybridized carbons (Fsp3) is 0.867. The van der Waals surface area contributed by atoms with E-state index in [1.54, 1.807) is 0 Å². The molecular formula is C15H30N2O3. The number of aliphatic carboxylic acids is 1. The summed E-state index contributed by atoms with van der Waals surface area (Å²) in [6.07, 6.45) is 2.02. The summed E-state index contributed by atoms with van der Waals surface area (Å²) in [5.41, 5.74) is 5.74. The van der Waals surface area contributed by atoms with E-state index in [0.717, 1.165) is 12.8 Å². The molecule has 0 radical (unpaired) electrons. The van der Waals surface area contributed by atoms with Crippen LogP contribution in [0, 0.1) is 11.3 Å². The number of hydrogen-bond donors (Lipinski definition) is 2. The molecule has 0 aromatic heterocycles. The molecule has 0 rings (SSSR count). The van der Waals surface area contributed by atoms with Crippen molar-refractivity contribution in [1.29, 1.82) is 0 Å². The van der Waals surface area contributed by atoms with Crippen LogP contribution >= 0.6 is 0 Å². The number of nitrogens with zero attached hydrogens (tertiary/aromatic N) is 1. The van der Waals surface area contributed by atoms with Gasteiger partial charge in [-0.3, -0.25) is 9.59 Å². The third kappa shape index (κ3) is 6.89. The quantitative estimate of drug-likeness (QED) is 0.715. The first kappa shape index (κ1) is 18.9. The summed E-state index contributed by atoms with van der Waals surface area (Å²) in [5, 5.41) is 8.86. The summed E-state index contributed by atoms with van der Waals surface area (Å²) in [6.45, 7) is 10.5. The van der Waals surface area contributed by atoms with E-state index < -0.39 is 5.97 Å². The van der Waals surface area contributed by atoms with Crippen LogP contribution in [-0.2, 0) is 9.59 Å². The molecule has 0 saturated heterocycles. The molecule has 118 valence electrons. The summed E-state index contributed by atoms with van der Waals surface area (Å²) >= 11 is 0. The second-order valence-corrected chi connectivity index (χ2v) is 6.69. The van der Waals surface area contributed by atoms with Crippen molar-refractivity contribution in [2.24, 2.45) is 17.1 Å². The van der Waals surface area contributed by atoms with E-state index in [2.05, 4.69) is 20.8 Å². The standard InChI is InChI=1S/C15H30N2O3/c1-11(2)17(10-14(19)20)13(18)7-6-12(8-9-16)15(3,4)5/h11-12H,6-10,16H2,1-5H3,(H,19,20). The predicted molar refractivity (Wildman–Crippen MR) is 80.3 cm³/mol. The molecule has 0 aromatic rings. The average molecular weight is 286 g/mol. The Bertz CT molecular complexity index is 322. The van der Waals surface area contributed by atoms with Crippen LogP contribution < -0.4 is 5.73 Å². The molecule has 0 bridgehead atoms. The zero-order valence-electron chi connectivity index (χ0n) is 13.5. The number of hydrogen-bond acceptors (Lipinski definition) is 3.